The van der Waals surface area contributed by atoms with Crippen LogP contribution in [0, 0.1) is 0 Å². The summed E-state index contributed by atoms with van der Waals surface area (Å²) < 4.78 is 0. The topological polar surface area (TPSA) is 40.5 Å². The summed E-state index contributed by atoms with van der Waals surface area (Å²) in [6.07, 6.45) is 8.88. The van der Waals surface area contributed by atoms with Gasteiger partial charge >= 0.3 is 0 Å². The molecule has 1 rings (SSSR count). The third-order valence-electron chi connectivity index (χ3n) is 2.71. The van der Waals surface area contributed by atoms with Crippen LogP contribution in [0.25, 0.3) is 6.08 Å². The Hall–Kier alpha value is -1.61. The number of hydrogen-bond donors (Lipinski definition) is 1. The van der Waals surface area contributed by atoms with Crippen LogP contribution < -0.4 is 0 Å². The van der Waals surface area contributed by atoms with Crippen molar-refractivity contribution in [2.24, 2.45) is 0 Å². The lowest BCUT2D eigenvalue weighted by Gasteiger charge is -2.08. The molecule has 0 spiro atoms. The molecule has 18 heavy (non-hydrogen) atoms. The van der Waals surface area contributed by atoms with E-state index in [4.69, 9.17) is 5.21 Å². The molecule has 0 radical (unpaired) electrons. The molecule has 0 saturated carbocycles. The number of allylic oxidation sites excluding steroid dienone is 1. The molecule has 0 unspecified atom stereocenters. The van der Waals surface area contributed by atoms with E-state index in [2.05, 4.69) is 13.0 Å². The van der Waals surface area contributed by atoms with Gasteiger partial charge in [-0.05, 0) is 30.5 Å². The number of carbonyl (C=O) groups excluding carboxylic acids is 1. The van der Waals surface area contributed by atoms with Crippen molar-refractivity contribution in [3.8, 4) is 0 Å². The predicted octanol–water partition coefficient (Wildman–Crippen LogP) is 3.74. The fraction of sp³-hybridized carbons (Fsp3) is 0.400. The van der Waals surface area contributed by atoms with Crippen LogP contribution in [0.15, 0.2) is 30.3 Å². The summed E-state index contributed by atoms with van der Waals surface area (Å²) in [4.78, 5) is 11.6. The van der Waals surface area contributed by atoms with Gasteiger partial charge in [-0.2, -0.15) is 0 Å². The first-order valence-corrected chi connectivity index (χ1v) is 6.38. The summed E-state index contributed by atoms with van der Waals surface area (Å²) in [5, 5.41) is 9.71. The molecule has 98 valence electrons. The van der Waals surface area contributed by atoms with E-state index in [1.807, 2.05) is 18.2 Å². The van der Waals surface area contributed by atoms with Gasteiger partial charge in [0.05, 0.1) is 0 Å². The Bertz CT molecular complexity index is 411. The third kappa shape index (κ3) is 4.72. The monoisotopic (exact) mass is 247 g/mol. The summed E-state index contributed by atoms with van der Waals surface area (Å²) in [5.41, 5.74) is 1.48. The first-order valence-electron chi connectivity index (χ1n) is 6.38. The number of benzene rings is 1. The van der Waals surface area contributed by atoms with Gasteiger partial charge < -0.3 is 0 Å². The lowest BCUT2D eigenvalue weighted by Crippen LogP contribution is -2.22. The number of unbranched alkanes of at least 4 members (excludes halogenated alkanes) is 3. The van der Waals surface area contributed by atoms with Crippen molar-refractivity contribution >= 4 is 12.0 Å². The largest absolute Gasteiger partial charge is 0.286 e. The summed E-state index contributed by atoms with van der Waals surface area (Å²) >= 11 is 0. The lowest BCUT2D eigenvalue weighted by atomic mass is 10.1. The van der Waals surface area contributed by atoms with E-state index in [1.165, 1.54) is 26.3 Å². The maximum absolute atomic E-state index is 11.6. The van der Waals surface area contributed by atoms with Crippen LogP contribution in [0.5, 0.6) is 0 Å². The van der Waals surface area contributed by atoms with Crippen molar-refractivity contribution in [2.75, 3.05) is 7.05 Å². The SMILES string of the molecule is CCCCC/C=C/c1cccc(C(=O)N(C)O)c1. The molecular weight excluding hydrogens is 226 g/mol. The average molecular weight is 247 g/mol. The highest BCUT2D eigenvalue weighted by Crippen LogP contribution is 2.10. The van der Waals surface area contributed by atoms with Crippen LogP contribution in [0.3, 0.4) is 0 Å². The Morgan fingerprint density at radius 2 is 2.17 bits per heavy atom. The van der Waals surface area contributed by atoms with Crippen LogP contribution in [0.2, 0.25) is 0 Å². The molecule has 0 aliphatic heterocycles. The molecular formula is C15H21NO2. The Morgan fingerprint density at radius 3 is 2.83 bits per heavy atom. The zero-order valence-electron chi connectivity index (χ0n) is 11.1. The summed E-state index contributed by atoms with van der Waals surface area (Å²) in [6.45, 7) is 2.18. The minimum atomic E-state index is -0.392. The molecule has 0 aromatic heterocycles. The molecule has 0 atom stereocenters. The van der Waals surface area contributed by atoms with Crippen molar-refractivity contribution < 1.29 is 10.0 Å². The van der Waals surface area contributed by atoms with Gasteiger partial charge in [0, 0.05) is 12.6 Å². The maximum Gasteiger partial charge on any atom is 0.276 e. The Labute approximate surface area is 109 Å². The van der Waals surface area contributed by atoms with Gasteiger partial charge in [0.25, 0.3) is 5.91 Å². The first kappa shape index (κ1) is 14.5. The van der Waals surface area contributed by atoms with Crippen LogP contribution in [0.1, 0.15) is 48.5 Å². The second-order valence-corrected chi connectivity index (χ2v) is 4.35. The highest BCUT2D eigenvalue weighted by atomic mass is 16.5. The lowest BCUT2D eigenvalue weighted by molar-refractivity contribution is -0.0374. The van der Waals surface area contributed by atoms with E-state index in [-0.39, 0.29) is 0 Å². The van der Waals surface area contributed by atoms with E-state index in [9.17, 15) is 4.79 Å². The zero-order valence-corrected chi connectivity index (χ0v) is 11.1. The molecule has 1 N–H and O–H groups in total. The Morgan fingerprint density at radius 1 is 1.39 bits per heavy atom. The van der Waals surface area contributed by atoms with E-state index in [0.29, 0.717) is 10.6 Å². The van der Waals surface area contributed by atoms with E-state index in [0.717, 1.165) is 12.0 Å². The summed E-state index contributed by atoms with van der Waals surface area (Å²) in [6, 6.07) is 7.25. The van der Waals surface area contributed by atoms with Crippen molar-refractivity contribution in [2.45, 2.75) is 32.6 Å². The summed E-state index contributed by atoms with van der Waals surface area (Å²) in [7, 11) is 1.33. The van der Waals surface area contributed by atoms with Gasteiger partial charge in [0.2, 0.25) is 0 Å². The molecule has 0 saturated heterocycles. The number of hydroxylamine groups is 2. The van der Waals surface area contributed by atoms with Gasteiger partial charge in [0.15, 0.2) is 0 Å². The fourth-order valence-electron chi connectivity index (χ4n) is 1.69. The third-order valence-corrected chi connectivity index (χ3v) is 2.71. The molecule has 0 heterocycles. The van der Waals surface area contributed by atoms with E-state index in [1.54, 1.807) is 12.1 Å². The zero-order chi connectivity index (χ0) is 13.4. The first-order chi connectivity index (χ1) is 8.65. The van der Waals surface area contributed by atoms with Crippen LogP contribution in [-0.4, -0.2) is 23.2 Å². The minimum Gasteiger partial charge on any atom is -0.286 e. The molecule has 3 heteroatoms. The van der Waals surface area contributed by atoms with Crippen molar-refractivity contribution in [3.05, 3.63) is 41.5 Å². The number of hydrogen-bond acceptors (Lipinski definition) is 2. The molecule has 1 aromatic rings. The highest BCUT2D eigenvalue weighted by Gasteiger charge is 2.08. The van der Waals surface area contributed by atoms with Crippen LogP contribution in [-0.2, 0) is 0 Å². The standard InChI is InChI=1S/C15H21NO2/c1-3-4-5-6-7-9-13-10-8-11-14(12-13)15(17)16(2)18/h7-12,18H,3-6H2,1-2H3/b9-7+. The van der Waals surface area contributed by atoms with Crippen molar-refractivity contribution in [3.63, 3.8) is 0 Å². The fourth-order valence-corrected chi connectivity index (χ4v) is 1.69. The van der Waals surface area contributed by atoms with Gasteiger partial charge in [0.1, 0.15) is 0 Å². The Balaban J connectivity index is 2.62. The Kier molecular flexibility index (Phi) is 6.15. The quantitative estimate of drug-likeness (QED) is 0.472. The van der Waals surface area contributed by atoms with Gasteiger partial charge in [-0.25, -0.2) is 5.06 Å². The van der Waals surface area contributed by atoms with Crippen molar-refractivity contribution in [1.82, 2.24) is 5.06 Å². The predicted molar refractivity (Wildman–Crippen MR) is 73.5 cm³/mol. The summed E-state index contributed by atoms with van der Waals surface area (Å²) in [5.74, 6) is -0.392. The van der Waals surface area contributed by atoms with Crippen molar-refractivity contribution in [1.29, 1.82) is 0 Å². The minimum absolute atomic E-state index is 0.392. The van der Waals surface area contributed by atoms with Crippen LogP contribution >= 0.6 is 0 Å². The molecule has 3 nitrogen and oxygen atoms in total. The van der Waals surface area contributed by atoms with Gasteiger partial charge in [-0.15, -0.1) is 0 Å². The number of carbonyl (C=O) groups is 1. The maximum atomic E-state index is 11.6. The normalized spacial score (nSPS) is 10.8. The van der Waals surface area contributed by atoms with Gasteiger partial charge in [-0.3, -0.25) is 10.0 Å². The van der Waals surface area contributed by atoms with Gasteiger partial charge in [-0.1, -0.05) is 44.1 Å². The molecule has 1 amide bonds. The number of rotatable bonds is 6. The second-order valence-electron chi connectivity index (χ2n) is 4.35. The molecule has 0 aliphatic rings. The second kappa shape index (κ2) is 7.67. The number of nitrogens with zero attached hydrogens (tertiary/aromatic N) is 1. The molecule has 0 aliphatic carbocycles. The number of amides is 1. The van der Waals surface area contributed by atoms with E-state index >= 15 is 0 Å². The molecule has 1 aromatic carbocycles. The molecule has 0 bridgehead atoms. The van der Waals surface area contributed by atoms with E-state index < -0.39 is 5.91 Å². The average Bonchev–Trinajstić information content (AvgIpc) is 2.38. The smallest absolute Gasteiger partial charge is 0.276 e. The molecule has 0 fully saturated rings. The highest BCUT2D eigenvalue weighted by molar-refractivity contribution is 5.93. The van der Waals surface area contributed by atoms with Crippen LogP contribution in [0.4, 0.5) is 0 Å².